The van der Waals surface area contributed by atoms with E-state index in [1.807, 2.05) is 26.0 Å². The van der Waals surface area contributed by atoms with Crippen LogP contribution in [-0.4, -0.2) is 41.8 Å². The minimum atomic E-state index is -1.07. The molecule has 2 aromatic carbocycles. The third kappa shape index (κ3) is 6.12. The van der Waals surface area contributed by atoms with Crippen LogP contribution in [0.4, 0.5) is 5.69 Å². The summed E-state index contributed by atoms with van der Waals surface area (Å²) < 4.78 is 5.05. The zero-order valence-corrected chi connectivity index (χ0v) is 17.2. The van der Waals surface area contributed by atoms with E-state index < -0.39 is 18.2 Å². The molecule has 0 radical (unpaired) electrons. The number of carboxylic acids is 1. The molecule has 0 aliphatic rings. The Morgan fingerprint density at radius 2 is 1.79 bits per heavy atom. The highest BCUT2D eigenvalue weighted by atomic mass is 16.5. The number of carbonyl (C=O) groups excluding carboxylic acids is 1. The standard InChI is InChI=1S/C22H28N2O5/c1-15-12-18(13-19(16(15)2)22(3,4)28)24(23-10-11-29-14-20(25)26)21(27)17-8-6-5-7-9-17/h5-9,12-13,23,28H,10-11,14H2,1-4H3,(H,25,26). The number of nitrogens with zero attached hydrogens (tertiary/aromatic N) is 1. The first-order valence-electron chi connectivity index (χ1n) is 9.38. The number of amides is 1. The van der Waals surface area contributed by atoms with Crippen LogP contribution in [0, 0.1) is 13.8 Å². The molecule has 0 heterocycles. The highest BCUT2D eigenvalue weighted by Gasteiger charge is 2.24. The van der Waals surface area contributed by atoms with Crippen LogP contribution in [0.2, 0.25) is 0 Å². The van der Waals surface area contributed by atoms with Crippen LogP contribution in [0.3, 0.4) is 0 Å². The molecule has 29 heavy (non-hydrogen) atoms. The van der Waals surface area contributed by atoms with Crippen LogP contribution in [0.15, 0.2) is 42.5 Å². The van der Waals surface area contributed by atoms with Gasteiger partial charge in [-0.25, -0.2) is 15.2 Å². The highest BCUT2D eigenvalue weighted by molar-refractivity contribution is 6.05. The van der Waals surface area contributed by atoms with Gasteiger partial charge in [-0.1, -0.05) is 18.2 Å². The number of benzene rings is 2. The smallest absolute Gasteiger partial charge is 0.329 e. The van der Waals surface area contributed by atoms with Crippen LogP contribution in [0.1, 0.15) is 40.9 Å². The SMILES string of the molecule is Cc1cc(N(NCCOCC(=O)O)C(=O)c2ccccc2)cc(C(C)(C)O)c1C. The molecule has 0 aliphatic heterocycles. The van der Waals surface area contributed by atoms with Gasteiger partial charge in [0.15, 0.2) is 0 Å². The van der Waals surface area contributed by atoms with Crippen molar-refractivity contribution in [3.8, 4) is 0 Å². The lowest BCUT2D eigenvalue weighted by atomic mass is 9.90. The van der Waals surface area contributed by atoms with Gasteiger partial charge >= 0.3 is 5.97 Å². The molecule has 0 spiro atoms. The highest BCUT2D eigenvalue weighted by Crippen LogP contribution is 2.30. The molecule has 156 valence electrons. The Hall–Kier alpha value is -2.74. The Bertz CT molecular complexity index is 859. The fourth-order valence-electron chi connectivity index (χ4n) is 2.98. The summed E-state index contributed by atoms with van der Waals surface area (Å²) in [6.45, 7) is 7.22. The van der Waals surface area contributed by atoms with E-state index in [1.165, 1.54) is 5.01 Å². The zero-order valence-electron chi connectivity index (χ0n) is 17.2. The average molecular weight is 400 g/mol. The molecule has 0 fully saturated rings. The van der Waals surface area contributed by atoms with Crippen LogP contribution >= 0.6 is 0 Å². The molecule has 0 saturated carbocycles. The van der Waals surface area contributed by atoms with E-state index >= 15 is 0 Å². The van der Waals surface area contributed by atoms with Crippen molar-refractivity contribution in [2.45, 2.75) is 33.3 Å². The Balaban J connectivity index is 2.35. The molecule has 0 unspecified atom stereocenters. The number of nitrogens with one attached hydrogen (secondary N) is 1. The van der Waals surface area contributed by atoms with Gasteiger partial charge < -0.3 is 14.9 Å². The molecule has 0 aromatic heterocycles. The first-order valence-corrected chi connectivity index (χ1v) is 9.38. The van der Waals surface area contributed by atoms with Crippen molar-refractivity contribution in [1.29, 1.82) is 0 Å². The van der Waals surface area contributed by atoms with Gasteiger partial charge in [-0.3, -0.25) is 4.79 Å². The van der Waals surface area contributed by atoms with Crippen molar-refractivity contribution < 1.29 is 24.5 Å². The number of ether oxygens (including phenoxy) is 1. The van der Waals surface area contributed by atoms with Crippen molar-refractivity contribution in [3.05, 3.63) is 64.7 Å². The van der Waals surface area contributed by atoms with Gasteiger partial charge in [0, 0.05) is 12.1 Å². The summed E-state index contributed by atoms with van der Waals surface area (Å²) in [6, 6.07) is 12.5. The number of aliphatic hydroxyl groups is 1. The quantitative estimate of drug-likeness (QED) is 0.442. The summed E-state index contributed by atoms with van der Waals surface area (Å²) in [7, 11) is 0. The fraction of sp³-hybridized carbons (Fsp3) is 0.364. The molecule has 7 nitrogen and oxygen atoms in total. The van der Waals surface area contributed by atoms with Gasteiger partial charge in [0.2, 0.25) is 0 Å². The Morgan fingerprint density at radius 3 is 2.38 bits per heavy atom. The predicted octanol–water partition coefficient (Wildman–Crippen LogP) is 2.78. The summed E-state index contributed by atoms with van der Waals surface area (Å²) in [5.74, 6) is -1.32. The number of aryl methyl sites for hydroxylation is 1. The molecular weight excluding hydrogens is 372 g/mol. The molecule has 3 N–H and O–H groups in total. The molecule has 0 atom stereocenters. The maximum absolute atomic E-state index is 13.1. The van der Waals surface area contributed by atoms with Gasteiger partial charge in [-0.2, -0.15) is 0 Å². The second-order valence-corrected chi connectivity index (χ2v) is 7.36. The van der Waals surface area contributed by atoms with E-state index in [4.69, 9.17) is 9.84 Å². The van der Waals surface area contributed by atoms with Crippen LogP contribution in [-0.2, 0) is 15.1 Å². The van der Waals surface area contributed by atoms with Crippen molar-refractivity contribution in [2.75, 3.05) is 24.8 Å². The molecular formula is C22H28N2O5. The lowest BCUT2D eigenvalue weighted by Gasteiger charge is -2.28. The van der Waals surface area contributed by atoms with E-state index in [0.717, 1.165) is 16.7 Å². The predicted molar refractivity (Wildman–Crippen MR) is 111 cm³/mol. The summed E-state index contributed by atoms with van der Waals surface area (Å²) >= 11 is 0. The Morgan fingerprint density at radius 1 is 1.14 bits per heavy atom. The first kappa shape index (κ1) is 22.5. The maximum Gasteiger partial charge on any atom is 0.329 e. The Kier molecular flexibility index (Phi) is 7.50. The minimum Gasteiger partial charge on any atom is -0.480 e. The molecule has 0 bridgehead atoms. The van der Waals surface area contributed by atoms with E-state index in [0.29, 0.717) is 11.3 Å². The van der Waals surface area contributed by atoms with E-state index in [9.17, 15) is 14.7 Å². The number of anilines is 1. The molecule has 0 saturated heterocycles. The number of carboxylic acid groups (broad SMARTS) is 1. The lowest BCUT2D eigenvalue weighted by Crippen LogP contribution is -2.45. The van der Waals surface area contributed by atoms with E-state index in [1.54, 1.807) is 44.2 Å². The lowest BCUT2D eigenvalue weighted by molar-refractivity contribution is -0.142. The van der Waals surface area contributed by atoms with Gasteiger partial charge in [-0.15, -0.1) is 0 Å². The van der Waals surface area contributed by atoms with Crippen LogP contribution in [0.25, 0.3) is 0 Å². The zero-order chi connectivity index (χ0) is 21.6. The normalized spacial score (nSPS) is 11.3. The number of aliphatic carboxylic acids is 1. The van der Waals surface area contributed by atoms with E-state index in [2.05, 4.69) is 5.43 Å². The first-order chi connectivity index (χ1) is 13.6. The van der Waals surface area contributed by atoms with Gasteiger partial charge in [-0.05, 0) is 68.7 Å². The summed E-state index contributed by atoms with van der Waals surface area (Å²) in [4.78, 5) is 23.7. The van der Waals surface area contributed by atoms with Crippen molar-refractivity contribution in [3.63, 3.8) is 0 Å². The second kappa shape index (κ2) is 9.65. The summed E-state index contributed by atoms with van der Waals surface area (Å²) in [5, 5.41) is 20.6. The summed E-state index contributed by atoms with van der Waals surface area (Å²) in [5.41, 5.74) is 5.64. The Labute approximate surface area is 170 Å². The molecule has 2 aromatic rings. The third-order valence-electron chi connectivity index (χ3n) is 4.54. The number of rotatable bonds is 9. The third-order valence-corrected chi connectivity index (χ3v) is 4.54. The number of hydrogen-bond donors (Lipinski definition) is 3. The molecule has 1 amide bonds. The summed E-state index contributed by atoms with van der Waals surface area (Å²) in [6.07, 6.45) is 0. The maximum atomic E-state index is 13.1. The minimum absolute atomic E-state index is 0.119. The van der Waals surface area contributed by atoms with Crippen molar-refractivity contribution in [2.24, 2.45) is 0 Å². The van der Waals surface area contributed by atoms with Crippen LogP contribution in [0.5, 0.6) is 0 Å². The second-order valence-electron chi connectivity index (χ2n) is 7.36. The topological polar surface area (TPSA) is 99.1 Å². The van der Waals surface area contributed by atoms with E-state index in [-0.39, 0.29) is 19.1 Å². The largest absolute Gasteiger partial charge is 0.480 e. The number of hydrazine groups is 1. The van der Waals surface area contributed by atoms with Gasteiger partial charge in [0.25, 0.3) is 5.91 Å². The van der Waals surface area contributed by atoms with Gasteiger partial charge in [0.05, 0.1) is 17.9 Å². The fourth-order valence-corrected chi connectivity index (χ4v) is 2.98. The van der Waals surface area contributed by atoms with Crippen molar-refractivity contribution >= 4 is 17.6 Å². The molecule has 0 aliphatic carbocycles. The average Bonchev–Trinajstić information content (AvgIpc) is 2.66. The number of hydrogen-bond acceptors (Lipinski definition) is 5. The molecule has 7 heteroatoms. The number of carbonyl (C=O) groups is 2. The van der Waals surface area contributed by atoms with Gasteiger partial charge in [0.1, 0.15) is 6.61 Å². The molecule has 2 rings (SSSR count). The van der Waals surface area contributed by atoms with Crippen LogP contribution < -0.4 is 10.4 Å². The monoisotopic (exact) mass is 400 g/mol. The van der Waals surface area contributed by atoms with Crippen molar-refractivity contribution in [1.82, 2.24) is 5.43 Å².